The Morgan fingerprint density at radius 1 is 0.765 bits per heavy atom. The lowest BCUT2D eigenvalue weighted by Crippen LogP contribution is -2.52. The highest BCUT2D eigenvalue weighted by Crippen LogP contribution is 2.40. The number of alkyl carbamates (subject to hydrolysis) is 1. The molecular weight excluding hydrogens is 681 g/mol. The highest BCUT2D eigenvalue weighted by molar-refractivity contribution is 7.50. The maximum absolute atomic E-state index is 13.4. The van der Waals surface area contributed by atoms with Gasteiger partial charge in [0.2, 0.25) is 12.1 Å². The molecule has 0 fully saturated rings. The molecule has 0 saturated heterocycles. The number of ether oxygens (including phenoxy) is 2. The number of amides is 2. The average Bonchev–Trinajstić information content (AvgIpc) is 3.12. The second-order valence-electron chi connectivity index (χ2n) is 11.6. The quantitative estimate of drug-likeness (QED) is 0.0594. The van der Waals surface area contributed by atoms with Crippen LogP contribution in [0.1, 0.15) is 30.5 Å². The molecule has 0 bridgehead atoms. The van der Waals surface area contributed by atoms with Gasteiger partial charge in [0.15, 0.2) is 0 Å². The maximum atomic E-state index is 13.4. The SMILES string of the molecule is CC(C)[C@H](NP(=O)(O)OC(NC(=O)OCc1ccccc1)C(=O)OCc1ccccc1)C(=O)N[C@@H](Cc1ccc(-c2cncnc2)cc1)C(=O)O. The summed E-state index contributed by atoms with van der Waals surface area (Å²) in [7, 11) is -5.10. The van der Waals surface area contributed by atoms with Gasteiger partial charge in [0.25, 0.3) is 0 Å². The van der Waals surface area contributed by atoms with Crippen molar-refractivity contribution in [1.29, 1.82) is 0 Å². The summed E-state index contributed by atoms with van der Waals surface area (Å²) < 4.78 is 28.9. The predicted octanol–water partition coefficient (Wildman–Crippen LogP) is 3.98. The molecule has 4 atom stereocenters. The van der Waals surface area contributed by atoms with Crippen molar-refractivity contribution in [3.8, 4) is 11.1 Å². The zero-order valence-corrected chi connectivity index (χ0v) is 28.6. The summed E-state index contributed by atoms with van der Waals surface area (Å²) in [6, 6.07) is 21.2. The van der Waals surface area contributed by atoms with Crippen molar-refractivity contribution >= 4 is 31.7 Å². The van der Waals surface area contributed by atoms with Crippen LogP contribution >= 0.6 is 7.75 Å². The fourth-order valence-electron chi connectivity index (χ4n) is 4.64. The number of benzene rings is 3. The number of nitrogens with one attached hydrogen (secondary N) is 3. The lowest BCUT2D eigenvalue weighted by atomic mass is 10.0. The molecule has 0 aliphatic rings. The van der Waals surface area contributed by atoms with Crippen molar-refractivity contribution in [2.45, 2.75) is 51.8 Å². The van der Waals surface area contributed by atoms with E-state index in [9.17, 15) is 33.7 Å². The van der Waals surface area contributed by atoms with Gasteiger partial charge in [-0.1, -0.05) is 98.8 Å². The maximum Gasteiger partial charge on any atom is 0.409 e. The standard InChI is InChI=1S/C35H38N5O10P/c1-23(2)30(31(41)38-29(33(42)43)17-24-13-15-27(16-14-24)28-18-36-22-37-19-28)40-51(46,47)50-32(34(44)48-20-25-9-5-3-6-10-25)39-35(45)49-21-26-11-7-4-8-12-26/h3-16,18-19,22-23,29-30,32H,17,20-21H2,1-2H3,(H,38,41)(H,39,45)(H,42,43)(H2,40,46,47)/t29-,30-,32?/m0/s1. The molecule has 2 amide bonds. The number of aliphatic carboxylic acids is 1. The van der Waals surface area contributed by atoms with Crippen LogP contribution in [0.15, 0.2) is 104 Å². The van der Waals surface area contributed by atoms with Gasteiger partial charge in [-0.25, -0.2) is 34.0 Å². The fraction of sp³-hybridized carbons (Fsp3) is 0.257. The largest absolute Gasteiger partial charge is 0.480 e. The minimum absolute atomic E-state index is 0.102. The molecule has 0 aliphatic carbocycles. The monoisotopic (exact) mass is 719 g/mol. The van der Waals surface area contributed by atoms with Crippen LogP contribution in [0.25, 0.3) is 11.1 Å². The number of hydrogen-bond acceptors (Lipinski definition) is 10. The van der Waals surface area contributed by atoms with Crippen LogP contribution in [0.5, 0.6) is 0 Å². The Kier molecular flexibility index (Phi) is 13.9. The number of carbonyl (C=O) groups is 4. The molecule has 15 nitrogen and oxygen atoms in total. The Labute approximate surface area is 294 Å². The molecule has 51 heavy (non-hydrogen) atoms. The lowest BCUT2D eigenvalue weighted by Gasteiger charge is -2.27. The number of esters is 1. The molecule has 2 unspecified atom stereocenters. The van der Waals surface area contributed by atoms with E-state index in [1.807, 2.05) is 0 Å². The Morgan fingerprint density at radius 3 is 1.88 bits per heavy atom. The van der Waals surface area contributed by atoms with Crippen LogP contribution in [-0.4, -0.2) is 62.2 Å². The van der Waals surface area contributed by atoms with Crippen molar-refractivity contribution in [2.24, 2.45) is 5.92 Å². The van der Waals surface area contributed by atoms with E-state index in [0.717, 1.165) is 11.1 Å². The zero-order chi connectivity index (χ0) is 36.8. The number of hydrogen-bond donors (Lipinski definition) is 5. The summed E-state index contributed by atoms with van der Waals surface area (Å²) >= 11 is 0. The first kappa shape index (κ1) is 38.3. The molecule has 0 saturated carbocycles. The van der Waals surface area contributed by atoms with Gasteiger partial charge in [-0.05, 0) is 28.2 Å². The first-order chi connectivity index (χ1) is 24.4. The van der Waals surface area contributed by atoms with Gasteiger partial charge in [0.05, 0.1) is 6.04 Å². The van der Waals surface area contributed by atoms with E-state index in [1.54, 1.807) is 111 Å². The highest BCUT2D eigenvalue weighted by atomic mass is 31.2. The summed E-state index contributed by atoms with van der Waals surface area (Å²) in [5, 5.41) is 16.6. The molecule has 0 spiro atoms. The molecule has 5 N–H and O–H groups in total. The normalized spacial score (nSPS) is 14.0. The van der Waals surface area contributed by atoms with Crippen molar-refractivity contribution in [1.82, 2.24) is 25.7 Å². The van der Waals surface area contributed by atoms with Crippen LogP contribution in [-0.2, 0) is 52.6 Å². The third kappa shape index (κ3) is 12.4. The molecule has 3 aromatic carbocycles. The second-order valence-corrected chi connectivity index (χ2v) is 13.1. The van der Waals surface area contributed by atoms with Crippen LogP contribution in [0.2, 0.25) is 0 Å². The number of carboxylic acid groups (broad SMARTS) is 1. The van der Waals surface area contributed by atoms with E-state index >= 15 is 0 Å². The van der Waals surface area contributed by atoms with Crippen LogP contribution in [0, 0.1) is 5.92 Å². The smallest absolute Gasteiger partial charge is 0.409 e. The summed E-state index contributed by atoms with van der Waals surface area (Å²) in [6.45, 7) is 2.66. The zero-order valence-electron chi connectivity index (χ0n) is 27.7. The summed E-state index contributed by atoms with van der Waals surface area (Å²) in [5.74, 6) is -4.17. The fourth-order valence-corrected chi connectivity index (χ4v) is 5.90. The molecule has 1 heterocycles. The molecule has 1 aromatic heterocycles. The molecule has 4 rings (SSSR count). The van der Waals surface area contributed by atoms with E-state index in [4.69, 9.17) is 14.0 Å². The van der Waals surface area contributed by atoms with E-state index in [0.29, 0.717) is 16.7 Å². The summed E-state index contributed by atoms with van der Waals surface area (Å²) in [5.41, 5.74) is 3.39. The first-order valence-corrected chi connectivity index (χ1v) is 17.3. The third-order valence-corrected chi connectivity index (χ3v) is 8.40. The lowest BCUT2D eigenvalue weighted by molar-refractivity contribution is -0.155. The van der Waals surface area contributed by atoms with Crippen molar-refractivity contribution in [3.63, 3.8) is 0 Å². The predicted molar refractivity (Wildman–Crippen MR) is 183 cm³/mol. The molecule has 4 aromatic rings. The van der Waals surface area contributed by atoms with Gasteiger partial charge in [0, 0.05) is 24.4 Å². The average molecular weight is 720 g/mol. The van der Waals surface area contributed by atoms with E-state index in [1.165, 1.54) is 6.33 Å². The Bertz CT molecular complexity index is 1800. The second kappa shape index (κ2) is 18.5. The first-order valence-electron chi connectivity index (χ1n) is 15.7. The number of carbonyl (C=O) groups excluding carboxylic acids is 3. The van der Waals surface area contributed by atoms with E-state index in [2.05, 4.69) is 25.7 Å². The minimum Gasteiger partial charge on any atom is -0.480 e. The summed E-state index contributed by atoms with van der Waals surface area (Å²) in [6.07, 6.45) is 1.26. The molecule has 268 valence electrons. The van der Waals surface area contributed by atoms with Gasteiger partial charge in [-0.2, -0.15) is 0 Å². The van der Waals surface area contributed by atoms with Crippen molar-refractivity contribution in [3.05, 3.63) is 120 Å². The van der Waals surface area contributed by atoms with Gasteiger partial charge < -0.3 is 24.8 Å². The van der Waals surface area contributed by atoms with Crippen molar-refractivity contribution in [2.75, 3.05) is 0 Å². The van der Waals surface area contributed by atoms with Gasteiger partial charge in [0.1, 0.15) is 25.6 Å². The number of aromatic nitrogens is 2. The van der Waals surface area contributed by atoms with Crippen LogP contribution in [0.4, 0.5) is 4.79 Å². The Balaban J connectivity index is 1.43. The van der Waals surface area contributed by atoms with Crippen LogP contribution < -0.4 is 15.7 Å². The van der Waals surface area contributed by atoms with Crippen molar-refractivity contribution < 1.29 is 47.7 Å². The number of carboxylic acids is 1. The topological polar surface area (TPSA) is 215 Å². The molecule has 0 radical (unpaired) electrons. The summed E-state index contributed by atoms with van der Waals surface area (Å²) in [4.78, 5) is 69.9. The van der Waals surface area contributed by atoms with Gasteiger partial charge in [-0.3, -0.25) is 14.6 Å². The Hall–Kier alpha value is -5.47. The Morgan fingerprint density at radius 2 is 1.33 bits per heavy atom. The number of rotatable bonds is 17. The molecule has 0 aliphatic heterocycles. The highest BCUT2D eigenvalue weighted by Gasteiger charge is 2.38. The van der Waals surface area contributed by atoms with E-state index in [-0.39, 0.29) is 19.6 Å². The van der Waals surface area contributed by atoms with E-state index < -0.39 is 55.9 Å². The minimum atomic E-state index is -5.10. The molecule has 16 heteroatoms. The van der Waals surface area contributed by atoms with Crippen LogP contribution in [0.3, 0.4) is 0 Å². The van der Waals surface area contributed by atoms with Gasteiger partial charge >= 0.3 is 25.8 Å². The third-order valence-electron chi connectivity index (χ3n) is 7.30. The number of nitrogens with zero attached hydrogens (tertiary/aromatic N) is 2. The molecular formula is C35H38N5O10P. The van der Waals surface area contributed by atoms with Gasteiger partial charge in [-0.15, -0.1) is 0 Å².